The number of likely N-dealkylation sites (N-methyl/N-ethyl adjacent to an activating group) is 1. The molecular weight excluding hydrogens is 292 g/mol. The van der Waals surface area contributed by atoms with E-state index in [9.17, 15) is 9.59 Å². The van der Waals surface area contributed by atoms with Gasteiger partial charge in [-0.1, -0.05) is 13.0 Å². The Kier molecular flexibility index (Phi) is 4.35. The number of carbonyl (C=O) groups excluding carboxylic acids is 2. The zero-order chi connectivity index (χ0) is 16.4. The Morgan fingerprint density at radius 1 is 1.22 bits per heavy atom. The van der Waals surface area contributed by atoms with Gasteiger partial charge >= 0.3 is 0 Å². The molecule has 6 heteroatoms. The summed E-state index contributed by atoms with van der Waals surface area (Å²) >= 11 is 0. The fourth-order valence-electron chi connectivity index (χ4n) is 3.27. The Hall–Kier alpha value is -1.95. The predicted molar refractivity (Wildman–Crippen MR) is 88.3 cm³/mol. The van der Waals surface area contributed by atoms with E-state index in [1.54, 1.807) is 6.20 Å². The third-order valence-corrected chi connectivity index (χ3v) is 5.13. The lowest BCUT2D eigenvalue weighted by Gasteiger charge is -2.35. The first kappa shape index (κ1) is 15.9. The van der Waals surface area contributed by atoms with Gasteiger partial charge in [-0.15, -0.1) is 0 Å². The Balaban J connectivity index is 1.72. The number of piperazine rings is 1. The van der Waals surface area contributed by atoms with Crippen molar-refractivity contribution in [3.8, 4) is 0 Å². The molecule has 23 heavy (non-hydrogen) atoms. The number of piperidine rings is 1. The van der Waals surface area contributed by atoms with Crippen LogP contribution in [0.15, 0.2) is 18.3 Å². The molecule has 0 saturated carbocycles. The number of pyridine rings is 1. The van der Waals surface area contributed by atoms with Crippen LogP contribution in [-0.2, 0) is 15.0 Å². The lowest BCUT2D eigenvalue weighted by atomic mass is 9.76. The van der Waals surface area contributed by atoms with E-state index in [0.29, 0.717) is 12.8 Å². The third-order valence-electron chi connectivity index (χ3n) is 5.13. The monoisotopic (exact) mass is 316 g/mol. The molecule has 0 spiro atoms. The summed E-state index contributed by atoms with van der Waals surface area (Å²) in [6.07, 6.45) is 2.70. The smallest absolute Gasteiger partial charge is 0.236 e. The van der Waals surface area contributed by atoms with Gasteiger partial charge in [-0.3, -0.25) is 14.9 Å². The van der Waals surface area contributed by atoms with Gasteiger partial charge in [0.05, 0.1) is 5.41 Å². The number of rotatable bonds is 3. The number of nitrogens with one attached hydrogen (secondary N) is 1. The highest BCUT2D eigenvalue weighted by Crippen LogP contribution is 2.32. The SMILES string of the molecule is CCN1CCN(c2ccc([C@@]3(C)CCC(=O)NC3=O)cn2)CC1. The van der Waals surface area contributed by atoms with Crippen molar-refractivity contribution in [2.24, 2.45) is 0 Å². The maximum Gasteiger partial charge on any atom is 0.236 e. The lowest BCUT2D eigenvalue weighted by Crippen LogP contribution is -2.50. The van der Waals surface area contributed by atoms with Crippen molar-refractivity contribution in [3.63, 3.8) is 0 Å². The standard InChI is InChI=1S/C17H24N4O2/c1-3-20-8-10-21(11-9-20)14-5-4-13(12-18-14)17(2)7-6-15(22)19-16(17)23/h4-5,12H,3,6-11H2,1-2H3,(H,19,22,23)/t17-/m1/s1. The molecule has 1 atom stereocenters. The van der Waals surface area contributed by atoms with E-state index < -0.39 is 5.41 Å². The van der Waals surface area contributed by atoms with Gasteiger partial charge in [0.2, 0.25) is 11.8 Å². The molecule has 2 aliphatic heterocycles. The van der Waals surface area contributed by atoms with E-state index in [2.05, 4.69) is 27.0 Å². The number of hydrogen-bond acceptors (Lipinski definition) is 5. The summed E-state index contributed by atoms with van der Waals surface area (Å²) < 4.78 is 0. The summed E-state index contributed by atoms with van der Waals surface area (Å²) in [6.45, 7) is 9.23. The minimum atomic E-state index is -0.666. The highest BCUT2D eigenvalue weighted by atomic mass is 16.2. The molecule has 1 N–H and O–H groups in total. The van der Waals surface area contributed by atoms with Crippen LogP contribution in [-0.4, -0.2) is 54.4 Å². The van der Waals surface area contributed by atoms with Crippen molar-refractivity contribution >= 4 is 17.6 Å². The first-order chi connectivity index (χ1) is 11.0. The van der Waals surface area contributed by atoms with Crippen LogP contribution < -0.4 is 10.2 Å². The molecule has 1 aromatic heterocycles. The Morgan fingerprint density at radius 3 is 2.52 bits per heavy atom. The summed E-state index contributed by atoms with van der Waals surface area (Å²) in [4.78, 5) is 32.8. The number of hydrogen-bond donors (Lipinski definition) is 1. The number of amides is 2. The zero-order valence-corrected chi connectivity index (χ0v) is 13.8. The number of nitrogens with zero attached hydrogens (tertiary/aromatic N) is 3. The highest BCUT2D eigenvalue weighted by molar-refractivity contribution is 6.03. The molecule has 0 radical (unpaired) electrons. The minimum Gasteiger partial charge on any atom is -0.354 e. The van der Waals surface area contributed by atoms with E-state index >= 15 is 0 Å². The lowest BCUT2D eigenvalue weighted by molar-refractivity contribution is -0.137. The van der Waals surface area contributed by atoms with Crippen molar-refractivity contribution in [1.82, 2.24) is 15.2 Å². The molecule has 0 aromatic carbocycles. The van der Waals surface area contributed by atoms with Crippen LogP contribution in [0.3, 0.4) is 0 Å². The van der Waals surface area contributed by atoms with Gasteiger partial charge in [0, 0.05) is 38.8 Å². The number of carbonyl (C=O) groups is 2. The molecule has 3 heterocycles. The highest BCUT2D eigenvalue weighted by Gasteiger charge is 2.40. The molecule has 2 aliphatic rings. The van der Waals surface area contributed by atoms with Crippen molar-refractivity contribution in [2.75, 3.05) is 37.6 Å². The first-order valence-electron chi connectivity index (χ1n) is 8.31. The summed E-state index contributed by atoms with van der Waals surface area (Å²) in [5.41, 5.74) is 0.207. The second-order valence-electron chi connectivity index (χ2n) is 6.54. The molecule has 2 fully saturated rings. The molecular formula is C17H24N4O2. The van der Waals surface area contributed by atoms with Crippen LogP contribution in [0.25, 0.3) is 0 Å². The normalized spacial score (nSPS) is 26.3. The second kappa shape index (κ2) is 6.28. The predicted octanol–water partition coefficient (Wildman–Crippen LogP) is 0.918. The Labute approximate surface area is 136 Å². The van der Waals surface area contributed by atoms with Crippen molar-refractivity contribution in [3.05, 3.63) is 23.9 Å². The zero-order valence-electron chi connectivity index (χ0n) is 13.8. The van der Waals surface area contributed by atoms with E-state index in [1.165, 1.54) is 0 Å². The fourth-order valence-corrected chi connectivity index (χ4v) is 3.27. The van der Waals surface area contributed by atoms with E-state index in [1.807, 2.05) is 19.1 Å². The second-order valence-corrected chi connectivity index (χ2v) is 6.54. The first-order valence-corrected chi connectivity index (χ1v) is 8.31. The molecule has 0 aliphatic carbocycles. The Bertz CT molecular complexity index is 593. The molecule has 6 nitrogen and oxygen atoms in total. The summed E-state index contributed by atoms with van der Waals surface area (Å²) in [7, 11) is 0. The molecule has 1 aromatic rings. The molecule has 2 amide bonds. The van der Waals surface area contributed by atoms with Gasteiger partial charge < -0.3 is 9.80 Å². The van der Waals surface area contributed by atoms with E-state index in [4.69, 9.17) is 0 Å². The molecule has 0 bridgehead atoms. The minimum absolute atomic E-state index is 0.189. The number of aromatic nitrogens is 1. The molecule has 3 rings (SSSR count). The van der Waals surface area contributed by atoms with Gasteiger partial charge in [0.15, 0.2) is 0 Å². The van der Waals surface area contributed by atoms with Gasteiger partial charge in [-0.25, -0.2) is 4.98 Å². The van der Waals surface area contributed by atoms with Crippen LogP contribution in [0.5, 0.6) is 0 Å². The van der Waals surface area contributed by atoms with Crippen LogP contribution in [0.4, 0.5) is 5.82 Å². The maximum absolute atomic E-state index is 12.2. The summed E-state index contributed by atoms with van der Waals surface area (Å²) in [5.74, 6) is 0.547. The summed E-state index contributed by atoms with van der Waals surface area (Å²) in [5, 5.41) is 2.44. The van der Waals surface area contributed by atoms with Crippen LogP contribution in [0.2, 0.25) is 0 Å². The fraction of sp³-hybridized carbons (Fsp3) is 0.588. The molecule has 124 valence electrons. The number of imide groups is 1. The van der Waals surface area contributed by atoms with Crippen LogP contribution in [0.1, 0.15) is 32.3 Å². The maximum atomic E-state index is 12.2. The van der Waals surface area contributed by atoms with Crippen LogP contribution in [0, 0.1) is 0 Å². The van der Waals surface area contributed by atoms with E-state index in [-0.39, 0.29) is 11.8 Å². The van der Waals surface area contributed by atoms with Gasteiger partial charge in [-0.2, -0.15) is 0 Å². The topological polar surface area (TPSA) is 65.5 Å². The molecule has 2 saturated heterocycles. The Morgan fingerprint density at radius 2 is 1.96 bits per heavy atom. The van der Waals surface area contributed by atoms with Gasteiger partial charge in [-0.05, 0) is 31.5 Å². The quantitative estimate of drug-likeness (QED) is 0.840. The largest absolute Gasteiger partial charge is 0.354 e. The third kappa shape index (κ3) is 3.08. The van der Waals surface area contributed by atoms with Crippen molar-refractivity contribution < 1.29 is 9.59 Å². The average molecular weight is 316 g/mol. The number of anilines is 1. The van der Waals surface area contributed by atoms with Crippen molar-refractivity contribution in [1.29, 1.82) is 0 Å². The van der Waals surface area contributed by atoms with Crippen molar-refractivity contribution in [2.45, 2.75) is 32.1 Å². The molecule has 0 unspecified atom stereocenters. The van der Waals surface area contributed by atoms with Gasteiger partial charge in [0.1, 0.15) is 5.82 Å². The van der Waals surface area contributed by atoms with E-state index in [0.717, 1.165) is 44.1 Å². The van der Waals surface area contributed by atoms with Gasteiger partial charge in [0.25, 0.3) is 0 Å². The summed E-state index contributed by atoms with van der Waals surface area (Å²) in [6, 6.07) is 3.97. The van der Waals surface area contributed by atoms with Crippen LogP contribution >= 0.6 is 0 Å². The average Bonchev–Trinajstić information content (AvgIpc) is 2.59.